The van der Waals surface area contributed by atoms with Crippen molar-refractivity contribution in [3.8, 4) is 0 Å². The Morgan fingerprint density at radius 1 is 1.44 bits per heavy atom. The molecule has 1 aromatic heterocycles. The molecule has 0 aliphatic carbocycles. The van der Waals surface area contributed by atoms with Crippen molar-refractivity contribution in [3.63, 3.8) is 0 Å². The lowest BCUT2D eigenvalue weighted by atomic mass is 10.2. The number of methoxy groups -OCH3 is 1. The molecule has 7 heteroatoms. The zero-order valence-corrected chi connectivity index (χ0v) is 10.5. The molecule has 0 bridgehead atoms. The molecule has 0 aliphatic rings. The number of nitrogens with zero attached hydrogens (tertiary/aromatic N) is 2. The van der Waals surface area contributed by atoms with Gasteiger partial charge in [0.05, 0.1) is 30.8 Å². The molecular weight excluding hydrogens is 238 g/mol. The molecule has 0 saturated carbocycles. The molecule has 0 amide bonds. The Labute approximate surface area is 105 Å². The fourth-order valence-electron chi connectivity index (χ4n) is 1.30. The first-order valence-electron chi connectivity index (χ1n) is 5.56. The highest BCUT2D eigenvalue weighted by molar-refractivity contribution is 5.48. The van der Waals surface area contributed by atoms with E-state index in [1.165, 1.54) is 12.3 Å². The summed E-state index contributed by atoms with van der Waals surface area (Å²) in [5.74, 6) is 0.475. The van der Waals surface area contributed by atoms with E-state index < -0.39 is 4.92 Å². The second kappa shape index (κ2) is 7.57. The molecule has 0 aliphatic heterocycles. The van der Waals surface area contributed by atoms with Crippen molar-refractivity contribution in [1.29, 1.82) is 0 Å². The Balaban J connectivity index is 2.38. The third-order valence-electron chi connectivity index (χ3n) is 2.26. The van der Waals surface area contributed by atoms with Gasteiger partial charge in [-0.15, -0.1) is 0 Å². The maximum atomic E-state index is 10.7. The molecule has 18 heavy (non-hydrogen) atoms. The molecule has 0 saturated heterocycles. The van der Waals surface area contributed by atoms with Crippen molar-refractivity contribution in [2.75, 3.05) is 38.8 Å². The van der Waals surface area contributed by atoms with Gasteiger partial charge >= 0.3 is 0 Å². The van der Waals surface area contributed by atoms with Gasteiger partial charge in [0.2, 0.25) is 0 Å². The predicted molar refractivity (Wildman–Crippen MR) is 66.8 cm³/mol. The van der Waals surface area contributed by atoms with E-state index in [4.69, 9.17) is 9.47 Å². The number of pyridine rings is 1. The summed E-state index contributed by atoms with van der Waals surface area (Å²) < 4.78 is 10.1. The minimum atomic E-state index is -0.419. The molecular formula is C11H17N3O4. The van der Waals surface area contributed by atoms with Crippen LogP contribution in [0.15, 0.2) is 12.3 Å². The van der Waals surface area contributed by atoms with Crippen LogP contribution in [0.5, 0.6) is 0 Å². The minimum Gasteiger partial charge on any atom is -0.382 e. The highest BCUT2D eigenvalue weighted by atomic mass is 16.6. The van der Waals surface area contributed by atoms with Crippen molar-refractivity contribution < 1.29 is 14.4 Å². The maximum Gasteiger partial charge on any atom is 0.277 e. The van der Waals surface area contributed by atoms with Gasteiger partial charge in [-0.1, -0.05) is 0 Å². The van der Waals surface area contributed by atoms with Crippen LogP contribution < -0.4 is 5.32 Å². The van der Waals surface area contributed by atoms with Crippen LogP contribution in [0.1, 0.15) is 5.56 Å². The average Bonchev–Trinajstić information content (AvgIpc) is 2.35. The van der Waals surface area contributed by atoms with Crippen LogP contribution in [0.3, 0.4) is 0 Å². The Morgan fingerprint density at radius 2 is 2.22 bits per heavy atom. The topological polar surface area (TPSA) is 86.5 Å². The van der Waals surface area contributed by atoms with Gasteiger partial charge in [-0.2, -0.15) is 0 Å². The third kappa shape index (κ3) is 4.64. The van der Waals surface area contributed by atoms with Crippen molar-refractivity contribution in [2.24, 2.45) is 0 Å². The molecule has 0 fully saturated rings. The lowest BCUT2D eigenvalue weighted by Crippen LogP contribution is -2.12. The molecule has 0 radical (unpaired) electrons. The zero-order chi connectivity index (χ0) is 13.4. The summed E-state index contributed by atoms with van der Waals surface area (Å²) >= 11 is 0. The largest absolute Gasteiger partial charge is 0.382 e. The van der Waals surface area contributed by atoms with Crippen molar-refractivity contribution in [2.45, 2.75) is 6.92 Å². The summed E-state index contributed by atoms with van der Waals surface area (Å²) in [4.78, 5) is 14.4. The minimum absolute atomic E-state index is 0.0628. The number of hydrogen-bond acceptors (Lipinski definition) is 6. The summed E-state index contributed by atoms with van der Waals surface area (Å²) in [5, 5.41) is 13.7. The normalized spacial score (nSPS) is 10.3. The number of aryl methyl sites for hydroxylation is 1. The second-order valence-electron chi connectivity index (χ2n) is 3.65. The number of anilines is 1. The smallest absolute Gasteiger partial charge is 0.277 e. The van der Waals surface area contributed by atoms with E-state index in [2.05, 4.69) is 10.3 Å². The summed E-state index contributed by atoms with van der Waals surface area (Å²) in [7, 11) is 1.61. The number of rotatable bonds is 8. The molecule has 1 rings (SSSR count). The lowest BCUT2D eigenvalue weighted by molar-refractivity contribution is -0.385. The van der Waals surface area contributed by atoms with Crippen LogP contribution in [0.4, 0.5) is 11.5 Å². The Morgan fingerprint density at radius 3 is 2.89 bits per heavy atom. The second-order valence-corrected chi connectivity index (χ2v) is 3.65. The number of nitro groups is 1. The molecule has 0 spiro atoms. The highest BCUT2D eigenvalue weighted by Gasteiger charge is 2.11. The van der Waals surface area contributed by atoms with Crippen molar-refractivity contribution >= 4 is 11.5 Å². The van der Waals surface area contributed by atoms with Gasteiger partial charge in [0.15, 0.2) is 0 Å². The van der Waals surface area contributed by atoms with Crippen LogP contribution in [-0.4, -0.2) is 43.4 Å². The molecule has 100 valence electrons. The van der Waals surface area contributed by atoms with E-state index >= 15 is 0 Å². The first-order chi connectivity index (χ1) is 8.65. The number of nitrogens with one attached hydrogen (secondary N) is 1. The summed E-state index contributed by atoms with van der Waals surface area (Å²) in [6.07, 6.45) is 1.48. The lowest BCUT2D eigenvalue weighted by Gasteiger charge is -2.07. The van der Waals surface area contributed by atoms with Crippen molar-refractivity contribution in [1.82, 2.24) is 4.98 Å². The molecule has 0 aromatic carbocycles. The number of ether oxygens (including phenoxy) is 2. The van der Waals surface area contributed by atoms with Crippen LogP contribution >= 0.6 is 0 Å². The van der Waals surface area contributed by atoms with Gasteiger partial charge in [0.25, 0.3) is 5.69 Å². The number of hydrogen-bond donors (Lipinski definition) is 1. The summed E-state index contributed by atoms with van der Waals surface area (Å²) in [6.45, 7) is 3.76. The van der Waals surface area contributed by atoms with Crippen LogP contribution in [0.25, 0.3) is 0 Å². The van der Waals surface area contributed by atoms with E-state index in [1.54, 1.807) is 14.0 Å². The van der Waals surface area contributed by atoms with Gasteiger partial charge < -0.3 is 14.8 Å². The van der Waals surface area contributed by atoms with E-state index in [9.17, 15) is 10.1 Å². The van der Waals surface area contributed by atoms with E-state index in [-0.39, 0.29) is 5.69 Å². The van der Waals surface area contributed by atoms with Gasteiger partial charge in [-0.3, -0.25) is 10.1 Å². The molecule has 0 atom stereocenters. The molecule has 1 N–H and O–H groups in total. The zero-order valence-electron chi connectivity index (χ0n) is 10.5. The molecule has 1 aromatic rings. The molecule has 0 unspecified atom stereocenters. The van der Waals surface area contributed by atoms with Gasteiger partial charge in [-0.25, -0.2) is 4.98 Å². The fraction of sp³-hybridized carbons (Fsp3) is 0.545. The summed E-state index contributed by atoms with van der Waals surface area (Å²) in [5.41, 5.74) is 0.606. The number of aromatic nitrogens is 1. The first kappa shape index (κ1) is 14.3. The quantitative estimate of drug-likeness (QED) is 0.429. The van der Waals surface area contributed by atoms with Crippen LogP contribution in [0.2, 0.25) is 0 Å². The van der Waals surface area contributed by atoms with Gasteiger partial charge in [0.1, 0.15) is 5.82 Å². The van der Waals surface area contributed by atoms with E-state index in [0.717, 1.165) is 0 Å². The van der Waals surface area contributed by atoms with Crippen LogP contribution in [0, 0.1) is 17.0 Å². The van der Waals surface area contributed by atoms with Gasteiger partial charge in [-0.05, 0) is 6.92 Å². The first-order valence-corrected chi connectivity index (χ1v) is 5.56. The Hall–Kier alpha value is -1.73. The van der Waals surface area contributed by atoms with Gasteiger partial charge in [0, 0.05) is 25.4 Å². The fourth-order valence-corrected chi connectivity index (χ4v) is 1.30. The highest BCUT2D eigenvalue weighted by Crippen LogP contribution is 2.19. The predicted octanol–water partition coefficient (Wildman–Crippen LogP) is 1.37. The van der Waals surface area contributed by atoms with Crippen molar-refractivity contribution in [3.05, 3.63) is 27.9 Å². The van der Waals surface area contributed by atoms with E-state index in [0.29, 0.717) is 37.7 Å². The third-order valence-corrected chi connectivity index (χ3v) is 2.26. The molecule has 7 nitrogen and oxygen atoms in total. The SMILES string of the molecule is COCCOCCNc1cc([N+](=O)[O-])c(C)cn1. The molecule has 1 heterocycles. The Kier molecular flexibility index (Phi) is 6.03. The van der Waals surface area contributed by atoms with Crippen LogP contribution in [-0.2, 0) is 9.47 Å². The average molecular weight is 255 g/mol. The Bertz CT molecular complexity index is 398. The summed E-state index contributed by atoms with van der Waals surface area (Å²) in [6, 6.07) is 1.42. The standard InChI is InChI=1S/C11H17N3O4/c1-9-8-13-11(7-10(9)14(15)16)12-3-4-18-6-5-17-2/h7-8H,3-6H2,1-2H3,(H,12,13). The maximum absolute atomic E-state index is 10.7. The monoisotopic (exact) mass is 255 g/mol. The van der Waals surface area contributed by atoms with E-state index in [1.807, 2.05) is 0 Å².